The average Bonchev–Trinajstić information content (AvgIpc) is 3.33. The Labute approximate surface area is 198 Å². The maximum Gasteiger partial charge on any atom is 0.243 e. The lowest BCUT2D eigenvalue weighted by Crippen LogP contribution is -2.47. The van der Waals surface area contributed by atoms with Gasteiger partial charge in [-0.15, -0.1) is 12.3 Å². The van der Waals surface area contributed by atoms with Gasteiger partial charge in [0, 0.05) is 19.4 Å². The molecule has 3 rings (SSSR count). The number of unbranched alkanes of at least 4 members (excludes halogenated alkanes) is 3. The third-order valence-electron chi connectivity index (χ3n) is 6.44. The zero-order valence-electron chi connectivity index (χ0n) is 19.9. The van der Waals surface area contributed by atoms with Crippen LogP contribution in [0.2, 0.25) is 0 Å². The number of carbonyl (C=O) groups excluding carboxylic acids is 2. The smallest absolute Gasteiger partial charge is 0.243 e. The average molecular weight is 445 g/mol. The molecule has 4 nitrogen and oxygen atoms in total. The number of likely N-dealkylation sites (tertiary alicyclic amines) is 1. The minimum atomic E-state index is -0.399. The number of benzene rings is 2. The molecule has 1 saturated heterocycles. The summed E-state index contributed by atoms with van der Waals surface area (Å²) in [5.41, 5.74) is 3.35. The molecule has 2 aromatic carbocycles. The largest absolute Gasteiger partial charge is 0.343 e. The molecule has 1 N–H and O–H groups in total. The minimum Gasteiger partial charge on any atom is -0.343 e. The monoisotopic (exact) mass is 444 g/mol. The molecule has 1 aliphatic rings. The first-order valence-electron chi connectivity index (χ1n) is 12.2. The number of rotatable bonds is 10. The van der Waals surface area contributed by atoms with Gasteiger partial charge in [-0.2, -0.15) is 0 Å². The Morgan fingerprint density at radius 2 is 1.67 bits per heavy atom. The summed E-state index contributed by atoms with van der Waals surface area (Å²) < 4.78 is 0. The van der Waals surface area contributed by atoms with Gasteiger partial charge in [-0.05, 0) is 48.3 Å². The maximum atomic E-state index is 13.4. The van der Waals surface area contributed by atoms with Crippen molar-refractivity contribution in [2.24, 2.45) is 0 Å². The van der Waals surface area contributed by atoms with Crippen LogP contribution in [0.1, 0.15) is 87.4 Å². The van der Waals surface area contributed by atoms with Crippen LogP contribution in [0.4, 0.5) is 0 Å². The Kier molecular flexibility index (Phi) is 9.13. The third-order valence-corrected chi connectivity index (χ3v) is 6.44. The van der Waals surface area contributed by atoms with E-state index in [2.05, 4.69) is 49.4 Å². The fourth-order valence-electron chi connectivity index (χ4n) is 4.48. The number of hydrogen-bond donors (Lipinski definition) is 1. The van der Waals surface area contributed by atoms with E-state index in [1.807, 2.05) is 30.3 Å². The second-order valence-corrected chi connectivity index (χ2v) is 9.18. The van der Waals surface area contributed by atoms with Gasteiger partial charge >= 0.3 is 0 Å². The summed E-state index contributed by atoms with van der Waals surface area (Å²) in [5.74, 6) is 3.09. The lowest BCUT2D eigenvalue weighted by atomic mass is 9.95. The zero-order valence-corrected chi connectivity index (χ0v) is 19.9. The topological polar surface area (TPSA) is 49.4 Å². The molecule has 0 aromatic heterocycles. The summed E-state index contributed by atoms with van der Waals surface area (Å²) in [6.07, 6.45) is 10.8. The predicted molar refractivity (Wildman–Crippen MR) is 134 cm³/mol. The third kappa shape index (κ3) is 6.71. The second kappa shape index (κ2) is 12.3. The highest BCUT2D eigenvalue weighted by molar-refractivity contribution is 5.88. The molecule has 2 amide bonds. The lowest BCUT2D eigenvalue weighted by molar-refractivity contribution is -0.138. The molecular formula is C29H36N2O2. The van der Waals surface area contributed by atoms with E-state index in [0.29, 0.717) is 25.3 Å². The molecule has 4 heteroatoms. The molecule has 0 bridgehead atoms. The van der Waals surface area contributed by atoms with Gasteiger partial charge in [0.2, 0.25) is 11.8 Å². The normalized spacial score (nSPS) is 16.4. The van der Waals surface area contributed by atoms with Crippen molar-refractivity contribution in [3.8, 4) is 12.3 Å². The van der Waals surface area contributed by atoms with Gasteiger partial charge in [0.25, 0.3) is 0 Å². The first-order chi connectivity index (χ1) is 16.0. The summed E-state index contributed by atoms with van der Waals surface area (Å²) >= 11 is 0. The van der Waals surface area contributed by atoms with Gasteiger partial charge in [0.15, 0.2) is 0 Å². The van der Waals surface area contributed by atoms with Gasteiger partial charge in [-0.25, -0.2) is 0 Å². The first-order valence-corrected chi connectivity index (χ1v) is 12.2. The van der Waals surface area contributed by atoms with Gasteiger partial charge in [0.05, 0.1) is 6.04 Å². The Bertz CT molecular complexity index is 944. The number of hydrogen-bond acceptors (Lipinski definition) is 2. The Hall–Kier alpha value is -3.06. The van der Waals surface area contributed by atoms with Crippen LogP contribution in [-0.2, 0) is 9.59 Å². The summed E-state index contributed by atoms with van der Waals surface area (Å²) in [6.45, 7) is 5.00. The van der Waals surface area contributed by atoms with E-state index in [-0.39, 0.29) is 17.9 Å². The summed E-state index contributed by atoms with van der Waals surface area (Å²) in [7, 11) is 0. The molecule has 0 spiro atoms. The molecule has 1 heterocycles. The summed E-state index contributed by atoms with van der Waals surface area (Å²) in [6, 6.07) is 17.8. The summed E-state index contributed by atoms with van der Waals surface area (Å²) in [5, 5.41) is 3.25. The number of nitrogens with one attached hydrogen (secondary N) is 1. The van der Waals surface area contributed by atoms with E-state index >= 15 is 0 Å². The van der Waals surface area contributed by atoms with Crippen LogP contribution in [0.15, 0.2) is 54.6 Å². The molecule has 33 heavy (non-hydrogen) atoms. The summed E-state index contributed by atoms with van der Waals surface area (Å²) in [4.78, 5) is 28.0. The second-order valence-electron chi connectivity index (χ2n) is 9.18. The highest BCUT2D eigenvalue weighted by Gasteiger charge is 2.34. The number of nitrogens with zero attached hydrogens (tertiary/aromatic N) is 1. The quantitative estimate of drug-likeness (QED) is 0.384. The van der Waals surface area contributed by atoms with E-state index in [9.17, 15) is 9.59 Å². The molecule has 0 saturated carbocycles. The van der Waals surface area contributed by atoms with Gasteiger partial charge in [-0.3, -0.25) is 9.59 Å². The Balaban J connectivity index is 1.71. The number of amides is 2. The van der Waals surface area contributed by atoms with Crippen LogP contribution in [0.25, 0.3) is 0 Å². The first kappa shape index (κ1) is 24.6. The number of carbonyl (C=O) groups is 2. The standard InChI is InChI=1S/C29H36N2O2/c1-4-5-6-7-11-16-27(32)31-21-12-15-26(31)29(33)30-28(24-13-9-8-10-14-24)25-19-17-23(18-20-25)22(2)3/h1,8-10,13-14,17-20,22,26,28H,5-7,11-12,15-16,21H2,2-3H3,(H,30,33)/t26-,28-/m0/s1. The predicted octanol–water partition coefficient (Wildman–Crippen LogP) is 5.59. The van der Waals surface area contributed by atoms with Gasteiger partial charge < -0.3 is 10.2 Å². The van der Waals surface area contributed by atoms with Crippen molar-refractivity contribution in [2.45, 2.75) is 76.8 Å². The van der Waals surface area contributed by atoms with Crippen molar-refractivity contribution >= 4 is 11.8 Å². The SMILES string of the molecule is C#CCCCCCC(=O)N1CCC[C@H]1C(=O)N[C@@H](c1ccccc1)c1ccc(C(C)C)cc1. The molecule has 0 radical (unpaired) electrons. The zero-order chi connectivity index (χ0) is 23.6. The lowest BCUT2D eigenvalue weighted by Gasteiger charge is -2.27. The van der Waals surface area contributed by atoms with Crippen molar-refractivity contribution in [3.63, 3.8) is 0 Å². The minimum absolute atomic E-state index is 0.0741. The van der Waals surface area contributed by atoms with E-state index < -0.39 is 6.04 Å². The highest BCUT2D eigenvalue weighted by atomic mass is 16.2. The molecule has 1 fully saturated rings. The van der Waals surface area contributed by atoms with Gasteiger partial charge in [-0.1, -0.05) is 74.9 Å². The number of terminal acetylenes is 1. The van der Waals surface area contributed by atoms with E-state index in [4.69, 9.17) is 6.42 Å². The van der Waals surface area contributed by atoms with Gasteiger partial charge in [0.1, 0.15) is 6.04 Å². The molecule has 2 atom stereocenters. The molecule has 0 unspecified atom stereocenters. The van der Waals surface area contributed by atoms with Crippen molar-refractivity contribution < 1.29 is 9.59 Å². The molecule has 1 aliphatic heterocycles. The van der Waals surface area contributed by atoms with Crippen molar-refractivity contribution in [3.05, 3.63) is 71.3 Å². The van der Waals surface area contributed by atoms with Crippen molar-refractivity contribution in [1.29, 1.82) is 0 Å². The van der Waals surface area contributed by atoms with Crippen LogP contribution >= 0.6 is 0 Å². The fourth-order valence-corrected chi connectivity index (χ4v) is 4.48. The van der Waals surface area contributed by atoms with Crippen LogP contribution in [-0.4, -0.2) is 29.3 Å². The molecule has 174 valence electrons. The van der Waals surface area contributed by atoms with Crippen molar-refractivity contribution in [2.75, 3.05) is 6.54 Å². The Morgan fingerprint density at radius 1 is 1.00 bits per heavy atom. The molecular weight excluding hydrogens is 408 g/mol. The van der Waals surface area contributed by atoms with Crippen LogP contribution in [0.3, 0.4) is 0 Å². The van der Waals surface area contributed by atoms with Crippen LogP contribution < -0.4 is 5.32 Å². The fraction of sp³-hybridized carbons (Fsp3) is 0.448. The van der Waals surface area contributed by atoms with Crippen LogP contribution in [0, 0.1) is 12.3 Å². The Morgan fingerprint density at radius 3 is 2.33 bits per heavy atom. The van der Waals surface area contributed by atoms with Crippen molar-refractivity contribution in [1.82, 2.24) is 10.2 Å². The van der Waals surface area contributed by atoms with E-state index in [1.165, 1.54) is 5.56 Å². The van der Waals surface area contributed by atoms with Crippen LogP contribution in [0.5, 0.6) is 0 Å². The van der Waals surface area contributed by atoms with E-state index in [1.54, 1.807) is 4.90 Å². The molecule has 2 aromatic rings. The maximum absolute atomic E-state index is 13.4. The van der Waals surface area contributed by atoms with E-state index in [0.717, 1.165) is 43.2 Å². The highest BCUT2D eigenvalue weighted by Crippen LogP contribution is 2.26. The molecule has 0 aliphatic carbocycles.